The van der Waals surface area contributed by atoms with Crippen molar-refractivity contribution in [3.8, 4) is 6.07 Å². The van der Waals surface area contributed by atoms with Gasteiger partial charge in [-0.3, -0.25) is 4.79 Å². The lowest BCUT2D eigenvalue weighted by molar-refractivity contribution is -0.140. The minimum atomic E-state index is -1.29. The van der Waals surface area contributed by atoms with Gasteiger partial charge in [-0.2, -0.15) is 5.26 Å². The smallest absolute Gasteiger partial charge is 0.334 e. The van der Waals surface area contributed by atoms with Gasteiger partial charge in [-0.1, -0.05) is 18.2 Å². The van der Waals surface area contributed by atoms with Crippen LogP contribution in [-0.2, 0) is 9.53 Å². The summed E-state index contributed by atoms with van der Waals surface area (Å²) in [5.41, 5.74) is -0.310. The average Bonchev–Trinajstić information content (AvgIpc) is 3.14. The van der Waals surface area contributed by atoms with Gasteiger partial charge >= 0.3 is 5.97 Å². The van der Waals surface area contributed by atoms with E-state index < -0.39 is 11.5 Å². The number of rotatable bonds is 6. The maximum absolute atomic E-state index is 12.3. The van der Waals surface area contributed by atoms with Crippen LogP contribution >= 0.6 is 11.8 Å². The largest absolute Gasteiger partial charge is 0.459 e. The summed E-state index contributed by atoms with van der Waals surface area (Å²) in [5.74, 6) is -0.857. The van der Waals surface area contributed by atoms with Gasteiger partial charge in [0.05, 0.1) is 6.07 Å². The first-order valence-corrected chi connectivity index (χ1v) is 8.60. The molecule has 0 bridgehead atoms. The first kappa shape index (κ1) is 17.8. The number of hydrogen-bond donors (Lipinski definition) is 1. The number of nitrogens with zero attached hydrogens (tertiary/aromatic N) is 1. The number of amides is 1. The maximum atomic E-state index is 12.3. The molecule has 1 atom stereocenters. The average molecular weight is 342 g/mol. The number of benzene rings is 1. The molecule has 0 saturated heterocycles. The van der Waals surface area contributed by atoms with Crippen molar-refractivity contribution >= 4 is 23.6 Å². The van der Waals surface area contributed by atoms with Crippen molar-refractivity contribution in [1.29, 1.82) is 5.26 Å². The molecule has 0 aromatic heterocycles. The molecule has 1 aromatic carbocycles. The fourth-order valence-corrected chi connectivity index (χ4v) is 2.47. The molecule has 1 unspecified atom stereocenters. The second-order valence-electron chi connectivity index (χ2n) is 5.53. The van der Waals surface area contributed by atoms with Gasteiger partial charge in [0.2, 0.25) is 0 Å². The van der Waals surface area contributed by atoms with Gasteiger partial charge < -0.3 is 10.1 Å². The molecule has 0 spiro atoms. The van der Waals surface area contributed by atoms with E-state index in [2.05, 4.69) is 5.32 Å². The highest BCUT2D eigenvalue weighted by atomic mass is 32.2. The van der Waals surface area contributed by atoms with E-state index >= 15 is 0 Å². The third kappa shape index (κ3) is 4.49. The quantitative estimate of drug-likeness (QED) is 0.635. The molecular formula is C18H18N2O3S. The zero-order valence-corrected chi connectivity index (χ0v) is 14.4. The summed E-state index contributed by atoms with van der Waals surface area (Å²) in [6, 6.07) is 9.06. The SMILES string of the molecule is CSc1ccc(C(=O)NC(C)(C#N)COC(=O)C2=CC=CC2)cc1. The minimum absolute atomic E-state index is 0.214. The molecule has 124 valence electrons. The number of carbonyl (C=O) groups is 2. The van der Waals surface area contributed by atoms with Crippen LogP contribution in [0.3, 0.4) is 0 Å². The summed E-state index contributed by atoms with van der Waals surface area (Å²) >= 11 is 1.58. The van der Waals surface area contributed by atoms with Crippen molar-refractivity contribution in [3.63, 3.8) is 0 Å². The lowest BCUT2D eigenvalue weighted by Gasteiger charge is -2.23. The predicted molar refractivity (Wildman–Crippen MR) is 92.5 cm³/mol. The lowest BCUT2D eigenvalue weighted by Crippen LogP contribution is -2.48. The number of ether oxygens (including phenoxy) is 1. The van der Waals surface area contributed by atoms with Crippen LogP contribution < -0.4 is 5.32 Å². The van der Waals surface area contributed by atoms with Crippen LogP contribution in [0.4, 0.5) is 0 Å². The molecule has 6 heteroatoms. The van der Waals surface area contributed by atoms with E-state index in [1.807, 2.05) is 30.5 Å². The molecule has 0 saturated carbocycles. The fraction of sp³-hybridized carbons (Fsp3) is 0.278. The van der Waals surface area contributed by atoms with Crippen LogP contribution in [-0.4, -0.2) is 30.3 Å². The van der Waals surface area contributed by atoms with E-state index in [9.17, 15) is 14.9 Å². The number of hydrogen-bond acceptors (Lipinski definition) is 5. The molecule has 0 fully saturated rings. The molecule has 1 aromatic rings. The first-order chi connectivity index (χ1) is 11.5. The number of nitriles is 1. The minimum Gasteiger partial charge on any atom is -0.459 e. The normalized spacial score (nSPS) is 15.1. The molecule has 5 nitrogen and oxygen atoms in total. The number of carbonyl (C=O) groups excluding carboxylic acids is 2. The summed E-state index contributed by atoms with van der Waals surface area (Å²) < 4.78 is 5.17. The van der Waals surface area contributed by atoms with E-state index in [4.69, 9.17) is 4.74 Å². The molecule has 1 aliphatic rings. The predicted octanol–water partition coefficient (Wildman–Crippen LogP) is 2.85. The van der Waals surface area contributed by atoms with Crippen molar-refractivity contribution in [1.82, 2.24) is 5.32 Å². The van der Waals surface area contributed by atoms with Crippen LogP contribution in [0.2, 0.25) is 0 Å². The van der Waals surface area contributed by atoms with Crippen LogP contribution in [0.15, 0.2) is 53.0 Å². The van der Waals surface area contributed by atoms with Crippen LogP contribution in [0, 0.1) is 11.3 Å². The van der Waals surface area contributed by atoms with E-state index in [-0.39, 0.29) is 12.5 Å². The van der Waals surface area contributed by atoms with Crippen LogP contribution in [0.5, 0.6) is 0 Å². The Labute approximate surface area is 145 Å². The Kier molecular flexibility index (Phi) is 5.83. The highest BCUT2D eigenvalue weighted by Gasteiger charge is 2.29. The summed E-state index contributed by atoms with van der Waals surface area (Å²) in [6.07, 6.45) is 7.78. The van der Waals surface area contributed by atoms with Gasteiger partial charge in [-0.15, -0.1) is 11.8 Å². The molecule has 0 radical (unpaired) electrons. The Bertz CT molecular complexity index is 732. The number of esters is 1. The van der Waals surface area contributed by atoms with Crippen molar-refractivity contribution in [2.24, 2.45) is 0 Å². The maximum Gasteiger partial charge on any atom is 0.334 e. The second kappa shape index (κ2) is 7.84. The van der Waals surface area contributed by atoms with Gasteiger partial charge in [-0.25, -0.2) is 4.79 Å². The Morgan fingerprint density at radius 3 is 2.62 bits per heavy atom. The van der Waals surface area contributed by atoms with E-state index in [0.717, 1.165) is 4.90 Å². The van der Waals surface area contributed by atoms with Gasteiger partial charge in [-0.05, 0) is 43.9 Å². The van der Waals surface area contributed by atoms with Crippen molar-refractivity contribution in [2.45, 2.75) is 23.8 Å². The third-order valence-electron chi connectivity index (χ3n) is 3.51. The fourth-order valence-electron chi connectivity index (χ4n) is 2.06. The van der Waals surface area contributed by atoms with Gasteiger partial charge in [0, 0.05) is 16.0 Å². The summed E-state index contributed by atoms with van der Waals surface area (Å²) in [7, 11) is 0. The zero-order chi connectivity index (χ0) is 17.6. The number of allylic oxidation sites excluding steroid dienone is 3. The van der Waals surface area contributed by atoms with Crippen molar-refractivity contribution in [2.75, 3.05) is 12.9 Å². The van der Waals surface area contributed by atoms with Crippen molar-refractivity contribution < 1.29 is 14.3 Å². The van der Waals surface area contributed by atoms with E-state index in [1.165, 1.54) is 6.92 Å². The first-order valence-electron chi connectivity index (χ1n) is 7.38. The second-order valence-corrected chi connectivity index (χ2v) is 6.41. The Hall–Kier alpha value is -2.52. The number of thioether (sulfide) groups is 1. The summed E-state index contributed by atoms with van der Waals surface area (Å²) in [4.78, 5) is 25.2. The Balaban J connectivity index is 1.97. The highest BCUT2D eigenvalue weighted by Crippen LogP contribution is 2.16. The molecular weight excluding hydrogens is 324 g/mol. The molecule has 1 amide bonds. The third-order valence-corrected chi connectivity index (χ3v) is 4.26. The van der Waals surface area contributed by atoms with Gasteiger partial charge in [0.15, 0.2) is 5.54 Å². The molecule has 0 heterocycles. The molecule has 2 rings (SSSR count). The van der Waals surface area contributed by atoms with Gasteiger partial charge in [0.1, 0.15) is 6.61 Å². The van der Waals surface area contributed by atoms with Crippen molar-refractivity contribution in [3.05, 3.63) is 53.6 Å². The highest BCUT2D eigenvalue weighted by molar-refractivity contribution is 7.98. The topological polar surface area (TPSA) is 79.2 Å². The summed E-state index contributed by atoms with van der Waals surface area (Å²) in [6.45, 7) is 1.31. The zero-order valence-electron chi connectivity index (χ0n) is 13.5. The standard InChI is InChI=1S/C18H18N2O3S/c1-18(11-19,12-23-17(22)14-5-3-4-6-14)20-16(21)13-7-9-15(24-2)10-8-13/h3-5,7-10H,6,12H2,1-2H3,(H,20,21). The molecule has 0 aliphatic heterocycles. The lowest BCUT2D eigenvalue weighted by atomic mass is 10.1. The van der Waals surface area contributed by atoms with E-state index in [0.29, 0.717) is 17.6 Å². The Morgan fingerprint density at radius 1 is 1.38 bits per heavy atom. The molecule has 1 N–H and O–H groups in total. The summed E-state index contributed by atoms with van der Waals surface area (Å²) in [5, 5.41) is 12.0. The molecule has 1 aliphatic carbocycles. The molecule has 24 heavy (non-hydrogen) atoms. The van der Waals surface area contributed by atoms with E-state index in [1.54, 1.807) is 36.0 Å². The Morgan fingerprint density at radius 2 is 2.08 bits per heavy atom. The number of nitrogens with one attached hydrogen (secondary N) is 1. The van der Waals surface area contributed by atoms with Crippen LogP contribution in [0.25, 0.3) is 0 Å². The van der Waals surface area contributed by atoms with Gasteiger partial charge in [0.25, 0.3) is 5.91 Å². The monoisotopic (exact) mass is 342 g/mol. The van der Waals surface area contributed by atoms with Crippen LogP contribution in [0.1, 0.15) is 23.7 Å².